The fourth-order valence-electron chi connectivity index (χ4n) is 0.608. The van der Waals surface area contributed by atoms with Gasteiger partial charge < -0.3 is 10.8 Å². The number of aliphatic hydroxyl groups is 1. The Bertz CT molecular complexity index is 81.8. The maximum Gasteiger partial charge on any atom is 0.0787 e. The molecule has 0 aliphatic carbocycles. The van der Waals surface area contributed by atoms with Crippen molar-refractivity contribution in [1.29, 1.82) is 0 Å². The van der Waals surface area contributed by atoms with E-state index in [9.17, 15) is 5.11 Å². The lowest BCUT2D eigenvalue weighted by molar-refractivity contribution is 0.177. The second kappa shape index (κ2) is 5.96. The minimum absolute atomic E-state index is 0.194. The molecule has 0 aromatic heterocycles. The van der Waals surface area contributed by atoms with Crippen LogP contribution in [0.15, 0.2) is 0 Å². The first-order valence-corrected chi connectivity index (χ1v) is 5.78. The average molecular weight is 369 g/mol. The molecule has 0 fully saturated rings. The van der Waals surface area contributed by atoms with Gasteiger partial charge in [-0.3, -0.25) is 0 Å². The summed E-state index contributed by atoms with van der Waals surface area (Å²) in [6, 6.07) is 0. The lowest BCUT2D eigenvalue weighted by Crippen LogP contribution is -2.34. The summed E-state index contributed by atoms with van der Waals surface area (Å²) in [7, 11) is 0. The van der Waals surface area contributed by atoms with Gasteiger partial charge in [-0.1, -0.05) is 52.1 Å². The lowest BCUT2D eigenvalue weighted by Gasteiger charge is -2.19. The van der Waals surface area contributed by atoms with Crippen LogP contribution in [0.5, 0.6) is 0 Å². The van der Waals surface area contributed by atoms with Gasteiger partial charge >= 0.3 is 0 Å². The van der Waals surface area contributed by atoms with Crippen LogP contribution < -0.4 is 5.73 Å². The van der Waals surface area contributed by atoms with E-state index in [0.29, 0.717) is 10.5 Å². The van der Waals surface area contributed by atoms with Gasteiger partial charge in [-0.25, -0.2) is 0 Å². The lowest BCUT2D eigenvalue weighted by atomic mass is 10.1. The van der Waals surface area contributed by atoms with E-state index in [1.54, 1.807) is 0 Å². The van der Waals surface area contributed by atoms with Crippen molar-refractivity contribution in [1.82, 2.24) is 0 Å². The Morgan fingerprint density at radius 1 is 1.40 bits per heavy atom. The van der Waals surface area contributed by atoms with Gasteiger partial charge in [0, 0.05) is 10.5 Å². The highest BCUT2D eigenvalue weighted by molar-refractivity contribution is 14.1. The van der Waals surface area contributed by atoms with Crippen LogP contribution in [0.4, 0.5) is 0 Å². The van der Waals surface area contributed by atoms with Crippen molar-refractivity contribution >= 4 is 45.2 Å². The first kappa shape index (κ1) is 11.4. The monoisotopic (exact) mass is 369 g/mol. The van der Waals surface area contributed by atoms with E-state index >= 15 is 0 Å². The highest BCUT2D eigenvalue weighted by Crippen LogP contribution is 2.17. The van der Waals surface area contributed by atoms with Crippen LogP contribution in [0, 0.1) is 0 Å². The number of nitrogens with two attached hydrogens (primary N) is 1. The minimum atomic E-state index is -0.254. The molecular formula is C6H13I2NO. The molecule has 0 radical (unpaired) electrons. The molecule has 0 heterocycles. The molecule has 0 aromatic rings. The van der Waals surface area contributed by atoms with Gasteiger partial charge in [0.15, 0.2) is 0 Å². The van der Waals surface area contributed by atoms with Crippen molar-refractivity contribution in [2.45, 2.75) is 27.3 Å². The molecule has 0 saturated carbocycles. The molecule has 0 aromatic carbocycles. The average Bonchev–Trinajstić information content (AvgIpc) is 2.00. The predicted octanol–water partition coefficient (Wildman–Crippen LogP) is 1.32. The normalized spacial score (nSPS) is 20.1. The van der Waals surface area contributed by atoms with Crippen LogP contribution >= 0.6 is 45.2 Å². The number of hydrogen-bond acceptors (Lipinski definition) is 2. The van der Waals surface area contributed by atoms with E-state index in [-0.39, 0.29) is 10.0 Å². The highest BCUT2D eigenvalue weighted by atomic mass is 127. The van der Waals surface area contributed by atoms with Gasteiger partial charge in [0.05, 0.1) is 10.0 Å². The summed E-state index contributed by atoms with van der Waals surface area (Å²) in [5, 5.41) is 9.49. The largest absolute Gasteiger partial charge is 0.391 e. The van der Waals surface area contributed by atoms with E-state index < -0.39 is 0 Å². The Morgan fingerprint density at radius 2 is 1.90 bits per heavy atom. The number of hydrogen-bond donors (Lipinski definition) is 2. The molecule has 10 heavy (non-hydrogen) atoms. The Hall–Kier alpha value is 1.38. The van der Waals surface area contributed by atoms with Gasteiger partial charge in [-0.15, -0.1) is 0 Å². The summed E-state index contributed by atoms with van der Waals surface area (Å²) in [6.07, 6.45) is 0.748. The minimum Gasteiger partial charge on any atom is -0.391 e. The zero-order valence-corrected chi connectivity index (χ0v) is 10.2. The van der Waals surface area contributed by atoms with E-state index in [2.05, 4.69) is 52.1 Å². The summed E-state index contributed by atoms with van der Waals surface area (Å²) in [5.74, 6) is 0. The molecule has 2 nitrogen and oxygen atoms in total. The summed E-state index contributed by atoms with van der Waals surface area (Å²) < 4.78 is 0.530. The van der Waals surface area contributed by atoms with Crippen molar-refractivity contribution < 1.29 is 5.11 Å². The van der Waals surface area contributed by atoms with E-state index in [1.807, 2.05) is 0 Å². The zero-order valence-electron chi connectivity index (χ0n) is 5.93. The topological polar surface area (TPSA) is 46.2 Å². The Labute approximate surface area is 89.2 Å². The molecule has 0 spiro atoms. The van der Waals surface area contributed by atoms with Crippen molar-refractivity contribution in [3.05, 3.63) is 0 Å². The second-order valence-electron chi connectivity index (χ2n) is 2.17. The maximum absolute atomic E-state index is 9.49. The van der Waals surface area contributed by atoms with Crippen LogP contribution in [-0.2, 0) is 0 Å². The third-order valence-electron chi connectivity index (χ3n) is 1.36. The number of aliphatic hydroxyl groups excluding tert-OH is 1. The van der Waals surface area contributed by atoms with Crippen LogP contribution in [0.2, 0.25) is 0 Å². The molecular weight excluding hydrogens is 356 g/mol. The molecule has 3 N–H and O–H groups in total. The van der Waals surface area contributed by atoms with Crippen LogP contribution in [0.1, 0.15) is 13.3 Å². The smallest absolute Gasteiger partial charge is 0.0787 e. The number of alkyl halides is 2. The molecule has 4 heteroatoms. The first-order chi connectivity index (χ1) is 4.63. The van der Waals surface area contributed by atoms with Crippen molar-refractivity contribution in [3.8, 4) is 0 Å². The Morgan fingerprint density at radius 3 is 2.20 bits per heavy atom. The fraction of sp³-hybridized carbons (Fsp3) is 1.00. The van der Waals surface area contributed by atoms with Crippen molar-refractivity contribution in [2.75, 3.05) is 6.54 Å². The number of halogens is 2. The number of rotatable bonds is 4. The Kier molecular flexibility index (Phi) is 6.78. The quantitative estimate of drug-likeness (QED) is 0.580. The van der Waals surface area contributed by atoms with Gasteiger partial charge in [-0.05, 0) is 6.42 Å². The summed E-state index contributed by atoms with van der Waals surface area (Å²) in [6.45, 7) is 2.63. The van der Waals surface area contributed by atoms with Gasteiger partial charge in [0.2, 0.25) is 0 Å². The molecule has 0 aliphatic rings. The van der Waals surface area contributed by atoms with E-state index in [0.717, 1.165) is 6.42 Å². The van der Waals surface area contributed by atoms with E-state index in [1.165, 1.54) is 0 Å². The van der Waals surface area contributed by atoms with Crippen LogP contribution in [0.25, 0.3) is 0 Å². The van der Waals surface area contributed by atoms with Crippen LogP contribution in [-0.4, -0.2) is 25.6 Å². The predicted molar refractivity (Wildman–Crippen MR) is 61.0 cm³/mol. The van der Waals surface area contributed by atoms with E-state index in [4.69, 9.17) is 5.73 Å². The summed E-state index contributed by atoms with van der Waals surface area (Å²) in [4.78, 5) is 0. The molecule has 3 atom stereocenters. The second-order valence-corrected chi connectivity index (χ2v) is 5.37. The van der Waals surface area contributed by atoms with Gasteiger partial charge in [-0.2, -0.15) is 0 Å². The fourth-order valence-corrected chi connectivity index (χ4v) is 2.40. The third-order valence-corrected chi connectivity index (χ3v) is 4.22. The standard InChI is InChI=1S/C6H13I2NO/c1-2-4(7)6(10)5(8)3-9/h4-6,10H,2-3,9H2,1H3. The molecule has 0 amide bonds. The molecule has 0 saturated heterocycles. The summed E-state index contributed by atoms with van der Waals surface area (Å²) in [5.41, 5.74) is 5.39. The first-order valence-electron chi connectivity index (χ1n) is 3.29. The van der Waals surface area contributed by atoms with Gasteiger partial charge in [0.1, 0.15) is 0 Å². The Balaban J connectivity index is 3.69. The maximum atomic E-state index is 9.49. The van der Waals surface area contributed by atoms with Gasteiger partial charge in [0.25, 0.3) is 0 Å². The van der Waals surface area contributed by atoms with Crippen LogP contribution in [0.3, 0.4) is 0 Å². The SMILES string of the molecule is CCC(I)C(O)C(I)CN. The summed E-state index contributed by atoms with van der Waals surface area (Å²) >= 11 is 4.45. The molecule has 0 rings (SSSR count). The molecule has 3 unspecified atom stereocenters. The third kappa shape index (κ3) is 3.68. The molecule has 62 valence electrons. The molecule has 0 aliphatic heterocycles. The zero-order chi connectivity index (χ0) is 8.15. The van der Waals surface area contributed by atoms with Crippen molar-refractivity contribution in [3.63, 3.8) is 0 Å². The molecule has 0 bridgehead atoms. The highest BCUT2D eigenvalue weighted by Gasteiger charge is 2.20. The van der Waals surface area contributed by atoms with Crippen molar-refractivity contribution in [2.24, 2.45) is 5.73 Å².